The smallest absolute Gasteiger partial charge is 0.277 e. The van der Waals surface area contributed by atoms with Crippen molar-refractivity contribution in [3.05, 3.63) is 40.9 Å². The topological polar surface area (TPSA) is 70.7 Å². The van der Waals surface area contributed by atoms with Gasteiger partial charge in [0.25, 0.3) is 5.91 Å². The van der Waals surface area contributed by atoms with Gasteiger partial charge in [0.2, 0.25) is 0 Å². The minimum atomic E-state index is -0.568. The van der Waals surface area contributed by atoms with E-state index in [1.165, 1.54) is 24.4 Å². The first-order valence-electron chi connectivity index (χ1n) is 4.29. The van der Waals surface area contributed by atoms with E-state index in [0.717, 1.165) is 0 Å². The first-order chi connectivity index (χ1) is 7.66. The Morgan fingerprint density at radius 1 is 1.50 bits per heavy atom. The molecule has 0 aliphatic rings. The van der Waals surface area contributed by atoms with Crippen LogP contribution in [0.5, 0.6) is 0 Å². The third-order valence-electron chi connectivity index (χ3n) is 1.82. The Balaban J connectivity index is 2.21. The number of nitrogens with one attached hydrogen (secondary N) is 2. The second-order valence-corrected chi connectivity index (χ2v) is 3.37. The fourth-order valence-electron chi connectivity index (χ4n) is 1.09. The van der Waals surface area contributed by atoms with Gasteiger partial charge in [0.15, 0.2) is 5.69 Å². The summed E-state index contributed by atoms with van der Waals surface area (Å²) in [6.07, 6.45) is 1.23. The number of anilines is 1. The van der Waals surface area contributed by atoms with Crippen LogP contribution < -0.4 is 5.32 Å². The maximum atomic E-state index is 13.3. The standard InChI is InChI=1S/C9H6ClFN4O/c10-5-1-2-6(11)7(3-5)13-9(16)8-4-12-15-14-8/h1-4H,(H,13,16)(H,12,14,15). The van der Waals surface area contributed by atoms with Gasteiger partial charge >= 0.3 is 0 Å². The molecule has 7 heteroatoms. The first-order valence-corrected chi connectivity index (χ1v) is 4.67. The van der Waals surface area contributed by atoms with Gasteiger partial charge < -0.3 is 5.32 Å². The number of halogens is 2. The van der Waals surface area contributed by atoms with Gasteiger partial charge in [-0.25, -0.2) is 4.39 Å². The zero-order valence-corrected chi connectivity index (χ0v) is 8.62. The summed E-state index contributed by atoms with van der Waals surface area (Å²) in [5, 5.41) is 12.0. The number of H-pyrrole nitrogens is 1. The van der Waals surface area contributed by atoms with Gasteiger partial charge in [-0.2, -0.15) is 15.4 Å². The fraction of sp³-hybridized carbons (Fsp3) is 0. The number of nitrogens with zero attached hydrogens (tertiary/aromatic N) is 2. The van der Waals surface area contributed by atoms with Crippen molar-refractivity contribution >= 4 is 23.2 Å². The molecule has 16 heavy (non-hydrogen) atoms. The molecule has 0 saturated heterocycles. The number of carbonyl (C=O) groups is 1. The predicted octanol–water partition coefficient (Wildman–Crippen LogP) is 1.85. The van der Waals surface area contributed by atoms with Crippen molar-refractivity contribution in [1.82, 2.24) is 15.4 Å². The first kappa shape index (κ1) is 10.6. The van der Waals surface area contributed by atoms with E-state index in [2.05, 4.69) is 20.7 Å². The summed E-state index contributed by atoms with van der Waals surface area (Å²) >= 11 is 5.67. The monoisotopic (exact) mass is 240 g/mol. The number of amides is 1. The largest absolute Gasteiger partial charge is 0.318 e. The third kappa shape index (κ3) is 2.17. The molecule has 0 spiro atoms. The number of hydrogen-bond acceptors (Lipinski definition) is 3. The molecule has 0 bridgehead atoms. The summed E-state index contributed by atoms with van der Waals surface area (Å²) in [5.41, 5.74) is 0.0693. The maximum absolute atomic E-state index is 13.3. The highest BCUT2D eigenvalue weighted by Gasteiger charge is 2.11. The van der Waals surface area contributed by atoms with Crippen LogP contribution in [0.25, 0.3) is 0 Å². The van der Waals surface area contributed by atoms with E-state index >= 15 is 0 Å². The molecule has 1 aromatic heterocycles. The zero-order chi connectivity index (χ0) is 11.5. The highest BCUT2D eigenvalue weighted by molar-refractivity contribution is 6.31. The molecule has 1 aromatic carbocycles. The van der Waals surface area contributed by atoms with Crippen LogP contribution in [-0.2, 0) is 0 Å². The van der Waals surface area contributed by atoms with E-state index in [0.29, 0.717) is 5.02 Å². The van der Waals surface area contributed by atoms with E-state index in [-0.39, 0.29) is 11.4 Å². The van der Waals surface area contributed by atoms with Gasteiger partial charge in [0.05, 0.1) is 11.9 Å². The minimum absolute atomic E-state index is 0.000463. The zero-order valence-electron chi connectivity index (χ0n) is 7.87. The molecule has 0 atom stereocenters. The van der Waals surface area contributed by atoms with Gasteiger partial charge in [-0.05, 0) is 18.2 Å². The maximum Gasteiger partial charge on any atom is 0.277 e. The molecule has 0 unspecified atom stereocenters. The molecular weight excluding hydrogens is 235 g/mol. The highest BCUT2D eigenvalue weighted by Crippen LogP contribution is 2.19. The van der Waals surface area contributed by atoms with Crippen molar-refractivity contribution in [1.29, 1.82) is 0 Å². The average molecular weight is 241 g/mol. The van der Waals surface area contributed by atoms with Gasteiger partial charge in [-0.3, -0.25) is 4.79 Å². The second-order valence-electron chi connectivity index (χ2n) is 2.93. The Kier molecular flexibility index (Phi) is 2.82. The third-order valence-corrected chi connectivity index (χ3v) is 2.06. The number of hydrogen-bond donors (Lipinski definition) is 2. The van der Waals surface area contributed by atoms with Crippen LogP contribution in [0, 0.1) is 5.82 Å². The molecule has 1 heterocycles. The Morgan fingerprint density at radius 2 is 2.31 bits per heavy atom. The fourth-order valence-corrected chi connectivity index (χ4v) is 1.26. The van der Waals surface area contributed by atoms with Gasteiger partial charge in [0.1, 0.15) is 5.82 Å². The van der Waals surface area contributed by atoms with Crippen molar-refractivity contribution in [2.24, 2.45) is 0 Å². The Bertz CT molecular complexity index is 514. The number of aromatic amines is 1. The highest BCUT2D eigenvalue weighted by atomic mass is 35.5. The molecule has 0 radical (unpaired) electrons. The molecule has 2 rings (SSSR count). The lowest BCUT2D eigenvalue weighted by molar-refractivity contribution is 0.102. The van der Waals surface area contributed by atoms with Crippen molar-refractivity contribution < 1.29 is 9.18 Å². The normalized spacial score (nSPS) is 10.1. The summed E-state index contributed by atoms with van der Waals surface area (Å²) in [7, 11) is 0. The molecule has 2 aromatic rings. The van der Waals surface area contributed by atoms with Crippen molar-refractivity contribution in [2.45, 2.75) is 0 Å². The summed E-state index contributed by atoms with van der Waals surface area (Å²) < 4.78 is 13.3. The van der Waals surface area contributed by atoms with Crippen LogP contribution in [0.15, 0.2) is 24.4 Å². The number of rotatable bonds is 2. The number of carbonyl (C=O) groups excluding carboxylic acids is 1. The number of benzene rings is 1. The quantitative estimate of drug-likeness (QED) is 0.842. The lowest BCUT2D eigenvalue weighted by atomic mass is 10.3. The second kappa shape index (κ2) is 4.28. The van der Waals surface area contributed by atoms with E-state index in [4.69, 9.17) is 11.6 Å². The molecule has 0 aliphatic carbocycles. The molecule has 0 aliphatic heterocycles. The molecule has 0 saturated carbocycles. The summed E-state index contributed by atoms with van der Waals surface area (Å²) in [5.74, 6) is -1.13. The van der Waals surface area contributed by atoms with Gasteiger partial charge in [-0.15, -0.1) is 0 Å². The van der Waals surface area contributed by atoms with Crippen LogP contribution in [-0.4, -0.2) is 21.3 Å². The van der Waals surface area contributed by atoms with Crippen LogP contribution in [0.2, 0.25) is 5.02 Å². The molecule has 82 valence electrons. The van der Waals surface area contributed by atoms with Crippen LogP contribution in [0.4, 0.5) is 10.1 Å². The summed E-state index contributed by atoms with van der Waals surface area (Å²) in [4.78, 5) is 11.5. The van der Waals surface area contributed by atoms with Crippen LogP contribution in [0.1, 0.15) is 10.5 Å². The van der Waals surface area contributed by atoms with E-state index in [9.17, 15) is 9.18 Å². The van der Waals surface area contributed by atoms with E-state index in [1.807, 2.05) is 0 Å². The predicted molar refractivity (Wildman–Crippen MR) is 55.7 cm³/mol. The van der Waals surface area contributed by atoms with Gasteiger partial charge in [-0.1, -0.05) is 11.6 Å². The SMILES string of the molecule is O=C(Nc1cc(Cl)ccc1F)c1cn[nH]n1. The van der Waals surface area contributed by atoms with E-state index in [1.54, 1.807) is 0 Å². The number of aromatic nitrogens is 3. The molecule has 2 N–H and O–H groups in total. The van der Waals surface area contributed by atoms with Crippen molar-refractivity contribution in [3.8, 4) is 0 Å². The van der Waals surface area contributed by atoms with Crippen LogP contribution in [0.3, 0.4) is 0 Å². The minimum Gasteiger partial charge on any atom is -0.318 e. The summed E-state index contributed by atoms with van der Waals surface area (Å²) in [6, 6.07) is 3.87. The lowest BCUT2D eigenvalue weighted by Crippen LogP contribution is -2.13. The van der Waals surface area contributed by atoms with Crippen molar-refractivity contribution in [3.63, 3.8) is 0 Å². The molecule has 5 nitrogen and oxygen atoms in total. The average Bonchev–Trinajstić information content (AvgIpc) is 2.76. The van der Waals surface area contributed by atoms with E-state index < -0.39 is 11.7 Å². The van der Waals surface area contributed by atoms with Gasteiger partial charge in [0, 0.05) is 5.02 Å². The van der Waals surface area contributed by atoms with Crippen molar-refractivity contribution in [2.75, 3.05) is 5.32 Å². The summed E-state index contributed by atoms with van der Waals surface area (Å²) in [6.45, 7) is 0. The Labute approximate surface area is 94.6 Å². The lowest BCUT2D eigenvalue weighted by Gasteiger charge is -2.04. The Hall–Kier alpha value is -1.95. The molecular formula is C9H6ClFN4O. The molecule has 1 amide bonds. The Morgan fingerprint density at radius 3 is 3.00 bits per heavy atom. The molecule has 0 fully saturated rings. The van der Waals surface area contributed by atoms with Crippen LogP contribution >= 0.6 is 11.6 Å².